The standard InChI is InChI=1S/C17H24N2O4/c1-2-22-17(21)14-7-3-4-8-15(14)18-10-9-16(20)19-12-13-6-5-11-23-13/h3-4,7-8,13,18H,2,5-6,9-12H2,1H3,(H,19,20). The molecule has 126 valence electrons. The van der Waals surface area contributed by atoms with Crippen LogP contribution in [0.15, 0.2) is 24.3 Å². The summed E-state index contributed by atoms with van der Waals surface area (Å²) in [6.45, 7) is 3.91. The van der Waals surface area contributed by atoms with E-state index >= 15 is 0 Å². The first-order chi connectivity index (χ1) is 11.2. The summed E-state index contributed by atoms with van der Waals surface area (Å²) in [7, 11) is 0. The van der Waals surface area contributed by atoms with Crippen LogP contribution in [0.25, 0.3) is 0 Å². The summed E-state index contributed by atoms with van der Waals surface area (Å²) in [6.07, 6.45) is 2.55. The Balaban J connectivity index is 1.75. The number of amides is 1. The number of para-hydroxylation sites is 1. The summed E-state index contributed by atoms with van der Waals surface area (Å²) in [6, 6.07) is 7.13. The Hall–Kier alpha value is -2.08. The monoisotopic (exact) mass is 320 g/mol. The predicted molar refractivity (Wildman–Crippen MR) is 87.5 cm³/mol. The molecule has 1 atom stereocenters. The molecule has 2 N–H and O–H groups in total. The van der Waals surface area contributed by atoms with E-state index in [1.54, 1.807) is 25.1 Å². The van der Waals surface area contributed by atoms with Crippen molar-refractivity contribution in [1.29, 1.82) is 0 Å². The maximum atomic E-state index is 11.9. The SMILES string of the molecule is CCOC(=O)c1ccccc1NCCC(=O)NCC1CCCO1. The third kappa shape index (κ3) is 5.56. The number of carbonyl (C=O) groups excluding carboxylic acids is 2. The minimum Gasteiger partial charge on any atom is -0.462 e. The van der Waals surface area contributed by atoms with Gasteiger partial charge in [-0.15, -0.1) is 0 Å². The molecule has 0 aliphatic carbocycles. The molecule has 1 aromatic rings. The third-order valence-electron chi connectivity index (χ3n) is 3.64. The number of benzene rings is 1. The summed E-state index contributed by atoms with van der Waals surface area (Å²) in [4.78, 5) is 23.7. The number of anilines is 1. The van der Waals surface area contributed by atoms with Gasteiger partial charge >= 0.3 is 5.97 Å². The summed E-state index contributed by atoms with van der Waals surface area (Å²) in [5, 5.41) is 5.99. The van der Waals surface area contributed by atoms with E-state index in [1.807, 2.05) is 6.07 Å². The van der Waals surface area contributed by atoms with Crippen molar-refractivity contribution in [1.82, 2.24) is 5.32 Å². The van der Waals surface area contributed by atoms with Crippen LogP contribution < -0.4 is 10.6 Å². The number of nitrogens with one attached hydrogen (secondary N) is 2. The number of hydrogen-bond acceptors (Lipinski definition) is 5. The van der Waals surface area contributed by atoms with Gasteiger partial charge < -0.3 is 20.1 Å². The fourth-order valence-corrected chi connectivity index (χ4v) is 2.46. The van der Waals surface area contributed by atoms with Crippen molar-refractivity contribution in [3.8, 4) is 0 Å². The summed E-state index contributed by atoms with van der Waals surface area (Å²) in [5.41, 5.74) is 1.16. The van der Waals surface area contributed by atoms with Crippen molar-refractivity contribution < 1.29 is 19.1 Å². The first kappa shape index (κ1) is 17.3. The average molecular weight is 320 g/mol. The van der Waals surface area contributed by atoms with Crippen LogP contribution in [-0.2, 0) is 14.3 Å². The van der Waals surface area contributed by atoms with Gasteiger partial charge in [-0.05, 0) is 31.9 Å². The van der Waals surface area contributed by atoms with E-state index in [1.165, 1.54) is 0 Å². The minimum absolute atomic E-state index is 0.0263. The zero-order valence-corrected chi connectivity index (χ0v) is 13.5. The zero-order chi connectivity index (χ0) is 16.5. The normalized spacial score (nSPS) is 16.8. The van der Waals surface area contributed by atoms with E-state index < -0.39 is 0 Å². The van der Waals surface area contributed by atoms with Crippen LogP contribution in [-0.4, -0.2) is 44.3 Å². The van der Waals surface area contributed by atoms with Crippen molar-refractivity contribution in [3.05, 3.63) is 29.8 Å². The van der Waals surface area contributed by atoms with Gasteiger partial charge in [0.15, 0.2) is 0 Å². The molecule has 1 fully saturated rings. The molecule has 6 heteroatoms. The van der Waals surface area contributed by atoms with E-state index in [-0.39, 0.29) is 18.0 Å². The largest absolute Gasteiger partial charge is 0.462 e. The lowest BCUT2D eigenvalue weighted by Gasteiger charge is -2.12. The third-order valence-corrected chi connectivity index (χ3v) is 3.64. The van der Waals surface area contributed by atoms with E-state index in [0.717, 1.165) is 19.4 Å². The van der Waals surface area contributed by atoms with E-state index in [0.29, 0.717) is 37.4 Å². The highest BCUT2D eigenvalue weighted by atomic mass is 16.5. The molecule has 6 nitrogen and oxygen atoms in total. The predicted octanol–water partition coefficient (Wildman–Crippen LogP) is 1.96. The minimum atomic E-state index is -0.363. The Morgan fingerprint density at radius 3 is 2.91 bits per heavy atom. The molecule has 0 saturated carbocycles. The molecule has 0 aromatic heterocycles. The van der Waals surface area contributed by atoms with Crippen molar-refractivity contribution in [2.45, 2.75) is 32.3 Å². The number of rotatable bonds is 8. The van der Waals surface area contributed by atoms with Crippen LogP contribution in [0.3, 0.4) is 0 Å². The highest BCUT2D eigenvalue weighted by Gasteiger charge is 2.16. The van der Waals surface area contributed by atoms with Gasteiger partial charge in [0.05, 0.1) is 18.3 Å². The molecular formula is C17H24N2O4. The lowest BCUT2D eigenvalue weighted by Crippen LogP contribution is -2.32. The second-order valence-corrected chi connectivity index (χ2v) is 5.38. The second kappa shape index (κ2) is 9.15. The van der Waals surface area contributed by atoms with Crippen molar-refractivity contribution in [3.63, 3.8) is 0 Å². The lowest BCUT2D eigenvalue weighted by molar-refractivity contribution is -0.121. The van der Waals surface area contributed by atoms with Crippen molar-refractivity contribution in [2.75, 3.05) is 31.6 Å². The van der Waals surface area contributed by atoms with Crippen LogP contribution >= 0.6 is 0 Å². The van der Waals surface area contributed by atoms with Gasteiger partial charge in [-0.3, -0.25) is 4.79 Å². The van der Waals surface area contributed by atoms with Gasteiger partial charge in [0, 0.05) is 31.8 Å². The number of carbonyl (C=O) groups is 2. The molecule has 1 saturated heterocycles. The van der Waals surface area contributed by atoms with Gasteiger partial charge in [-0.25, -0.2) is 4.79 Å². The van der Waals surface area contributed by atoms with Gasteiger partial charge in [0.2, 0.25) is 5.91 Å². The zero-order valence-electron chi connectivity index (χ0n) is 13.5. The van der Waals surface area contributed by atoms with Crippen LogP contribution in [0, 0.1) is 0 Å². The fraction of sp³-hybridized carbons (Fsp3) is 0.529. The Morgan fingerprint density at radius 2 is 2.17 bits per heavy atom. The Morgan fingerprint density at radius 1 is 1.35 bits per heavy atom. The van der Waals surface area contributed by atoms with Gasteiger partial charge in [0.25, 0.3) is 0 Å². The molecule has 0 radical (unpaired) electrons. The molecule has 23 heavy (non-hydrogen) atoms. The molecule has 1 aliphatic rings. The van der Waals surface area contributed by atoms with Gasteiger partial charge in [0.1, 0.15) is 0 Å². The number of ether oxygens (including phenoxy) is 2. The van der Waals surface area contributed by atoms with Crippen LogP contribution in [0.5, 0.6) is 0 Å². The molecule has 1 unspecified atom stereocenters. The quantitative estimate of drug-likeness (QED) is 0.716. The Bertz CT molecular complexity index is 527. The fourth-order valence-electron chi connectivity index (χ4n) is 2.46. The Kier molecular flexibility index (Phi) is 6.87. The average Bonchev–Trinajstić information content (AvgIpc) is 3.07. The first-order valence-corrected chi connectivity index (χ1v) is 8.09. The number of hydrogen-bond donors (Lipinski definition) is 2. The van der Waals surface area contributed by atoms with Crippen LogP contribution in [0.2, 0.25) is 0 Å². The topological polar surface area (TPSA) is 76.7 Å². The molecular weight excluding hydrogens is 296 g/mol. The highest BCUT2D eigenvalue weighted by Crippen LogP contribution is 2.16. The maximum absolute atomic E-state index is 11.9. The van der Waals surface area contributed by atoms with Crippen molar-refractivity contribution >= 4 is 17.6 Å². The molecule has 0 bridgehead atoms. The van der Waals surface area contributed by atoms with E-state index in [2.05, 4.69) is 10.6 Å². The van der Waals surface area contributed by atoms with E-state index in [4.69, 9.17) is 9.47 Å². The molecule has 1 amide bonds. The molecule has 0 spiro atoms. The summed E-state index contributed by atoms with van der Waals surface area (Å²) < 4.78 is 10.5. The summed E-state index contributed by atoms with van der Waals surface area (Å²) >= 11 is 0. The Labute approximate surface area is 136 Å². The lowest BCUT2D eigenvalue weighted by atomic mass is 10.1. The first-order valence-electron chi connectivity index (χ1n) is 8.09. The van der Waals surface area contributed by atoms with Crippen molar-refractivity contribution in [2.24, 2.45) is 0 Å². The second-order valence-electron chi connectivity index (χ2n) is 5.38. The smallest absolute Gasteiger partial charge is 0.340 e. The summed E-state index contributed by atoms with van der Waals surface area (Å²) in [5.74, 6) is -0.389. The highest BCUT2D eigenvalue weighted by molar-refractivity contribution is 5.95. The van der Waals surface area contributed by atoms with Gasteiger partial charge in [-0.1, -0.05) is 12.1 Å². The molecule has 1 aliphatic heterocycles. The molecule has 1 heterocycles. The molecule has 2 rings (SSSR count). The van der Waals surface area contributed by atoms with E-state index in [9.17, 15) is 9.59 Å². The van der Waals surface area contributed by atoms with Crippen LogP contribution in [0.4, 0.5) is 5.69 Å². The van der Waals surface area contributed by atoms with Gasteiger partial charge in [-0.2, -0.15) is 0 Å². The maximum Gasteiger partial charge on any atom is 0.340 e. The number of esters is 1. The van der Waals surface area contributed by atoms with Crippen LogP contribution in [0.1, 0.15) is 36.5 Å². The molecule has 1 aromatic carbocycles.